The third-order valence-corrected chi connectivity index (χ3v) is 5.63. The molecule has 0 radical (unpaired) electrons. The Balaban J connectivity index is 1.98. The first-order valence-electron chi connectivity index (χ1n) is 9.45. The Labute approximate surface area is 165 Å². The van der Waals surface area contributed by atoms with Gasteiger partial charge in [-0.05, 0) is 67.8 Å². The Morgan fingerprint density at radius 1 is 0.964 bits per heavy atom. The van der Waals surface area contributed by atoms with Gasteiger partial charge in [0.15, 0.2) is 0 Å². The van der Waals surface area contributed by atoms with Gasteiger partial charge in [0.25, 0.3) is 5.91 Å². The zero-order valence-corrected chi connectivity index (χ0v) is 17.6. The lowest BCUT2D eigenvalue weighted by atomic mass is 10.0. The number of fused-ring (bicyclic) bond motifs is 3. The third kappa shape index (κ3) is 2.61. The van der Waals surface area contributed by atoms with Crippen LogP contribution in [0, 0.1) is 13.8 Å². The molecular formula is C23H26N4O. The van der Waals surface area contributed by atoms with Crippen LogP contribution in [0.2, 0.25) is 0 Å². The van der Waals surface area contributed by atoms with E-state index in [0.29, 0.717) is 5.57 Å². The summed E-state index contributed by atoms with van der Waals surface area (Å²) < 4.78 is 2.27. The Morgan fingerprint density at radius 3 is 2.29 bits per heavy atom. The predicted molar refractivity (Wildman–Crippen MR) is 118 cm³/mol. The molecule has 1 aliphatic heterocycles. The van der Waals surface area contributed by atoms with E-state index < -0.39 is 0 Å². The topological polar surface area (TPSA) is 40.8 Å². The summed E-state index contributed by atoms with van der Waals surface area (Å²) >= 11 is 0. The highest BCUT2D eigenvalue weighted by Crippen LogP contribution is 2.35. The van der Waals surface area contributed by atoms with Crippen LogP contribution in [0.1, 0.15) is 23.6 Å². The van der Waals surface area contributed by atoms with Gasteiger partial charge in [-0.25, -0.2) is 5.01 Å². The first-order chi connectivity index (χ1) is 13.2. The second-order valence-electron chi connectivity index (χ2n) is 7.92. The number of benzene rings is 2. The molecule has 1 aliphatic rings. The zero-order chi connectivity index (χ0) is 20.3. The number of hydrazone groups is 1. The fourth-order valence-electron chi connectivity index (χ4n) is 4.31. The minimum Gasteiger partial charge on any atom is -0.377 e. The van der Waals surface area contributed by atoms with Gasteiger partial charge < -0.3 is 9.47 Å². The molecule has 28 heavy (non-hydrogen) atoms. The number of rotatable bonds is 2. The van der Waals surface area contributed by atoms with Gasteiger partial charge >= 0.3 is 0 Å². The molecule has 5 nitrogen and oxygen atoms in total. The maximum absolute atomic E-state index is 12.4. The minimum atomic E-state index is -0.0559. The summed E-state index contributed by atoms with van der Waals surface area (Å²) in [6.07, 6.45) is 1.96. The van der Waals surface area contributed by atoms with E-state index >= 15 is 0 Å². The van der Waals surface area contributed by atoms with Crippen molar-refractivity contribution >= 4 is 45.2 Å². The van der Waals surface area contributed by atoms with Crippen LogP contribution in [0.5, 0.6) is 0 Å². The van der Waals surface area contributed by atoms with E-state index in [1.54, 1.807) is 7.05 Å². The van der Waals surface area contributed by atoms with Gasteiger partial charge in [0, 0.05) is 44.7 Å². The summed E-state index contributed by atoms with van der Waals surface area (Å²) in [6, 6.07) is 8.86. The maximum atomic E-state index is 12.4. The molecule has 0 atom stereocenters. The standard InChI is InChI=1S/C23H26N4O/c1-13-9-18-19-11-16(10-17-15(3)24-27(7)23(17)28)8-14(2)22(19)26(6)21(18)12-20(13)25(4)5/h8-12H,1-7H3/b17-10+. The van der Waals surface area contributed by atoms with Gasteiger partial charge in [-0.2, -0.15) is 5.10 Å². The van der Waals surface area contributed by atoms with Crippen LogP contribution in [0.4, 0.5) is 5.69 Å². The Kier molecular flexibility index (Phi) is 4.07. The Hall–Kier alpha value is -3.08. The lowest BCUT2D eigenvalue weighted by Gasteiger charge is -2.16. The number of hydrogen-bond acceptors (Lipinski definition) is 3. The van der Waals surface area contributed by atoms with Crippen molar-refractivity contribution in [1.82, 2.24) is 9.58 Å². The molecule has 2 heterocycles. The third-order valence-electron chi connectivity index (χ3n) is 5.63. The molecule has 0 saturated carbocycles. The summed E-state index contributed by atoms with van der Waals surface area (Å²) in [5.41, 5.74) is 8.56. The van der Waals surface area contributed by atoms with Gasteiger partial charge in [0.05, 0.1) is 22.3 Å². The second-order valence-corrected chi connectivity index (χ2v) is 7.92. The van der Waals surface area contributed by atoms with Gasteiger partial charge in [-0.3, -0.25) is 4.79 Å². The van der Waals surface area contributed by atoms with Crippen molar-refractivity contribution in [3.05, 3.63) is 46.5 Å². The highest BCUT2D eigenvalue weighted by Gasteiger charge is 2.24. The number of nitrogens with zero attached hydrogens (tertiary/aromatic N) is 4. The summed E-state index contributed by atoms with van der Waals surface area (Å²) in [4.78, 5) is 14.5. The average Bonchev–Trinajstić information content (AvgIpc) is 3.02. The van der Waals surface area contributed by atoms with Crippen molar-refractivity contribution in [2.24, 2.45) is 12.1 Å². The van der Waals surface area contributed by atoms with Crippen LogP contribution >= 0.6 is 0 Å². The molecule has 3 aromatic rings. The number of aryl methyl sites for hydroxylation is 3. The predicted octanol–water partition coefficient (Wildman–Crippen LogP) is 4.25. The van der Waals surface area contributed by atoms with Gasteiger partial charge in [0.2, 0.25) is 0 Å². The molecule has 1 aromatic heterocycles. The van der Waals surface area contributed by atoms with Gasteiger partial charge in [-0.1, -0.05) is 0 Å². The normalized spacial score (nSPS) is 16.0. The number of carbonyl (C=O) groups is 1. The molecule has 4 rings (SSSR count). The Morgan fingerprint density at radius 2 is 1.68 bits per heavy atom. The molecule has 144 valence electrons. The highest BCUT2D eigenvalue weighted by atomic mass is 16.2. The summed E-state index contributed by atoms with van der Waals surface area (Å²) in [7, 11) is 7.96. The quantitative estimate of drug-likeness (QED) is 0.630. The largest absolute Gasteiger partial charge is 0.377 e. The molecule has 0 aliphatic carbocycles. The number of hydrogen-bond donors (Lipinski definition) is 0. The van der Waals surface area contributed by atoms with E-state index in [-0.39, 0.29) is 5.91 Å². The fraction of sp³-hybridized carbons (Fsp3) is 0.304. The number of carbonyl (C=O) groups excluding carboxylic acids is 1. The van der Waals surface area contributed by atoms with E-state index in [1.807, 2.05) is 13.0 Å². The van der Waals surface area contributed by atoms with Crippen molar-refractivity contribution in [1.29, 1.82) is 0 Å². The van der Waals surface area contributed by atoms with Crippen molar-refractivity contribution < 1.29 is 4.79 Å². The number of likely N-dealkylation sites (N-methyl/N-ethyl adjacent to an activating group) is 1. The van der Waals surface area contributed by atoms with Crippen molar-refractivity contribution in [2.75, 3.05) is 26.0 Å². The molecule has 2 aromatic carbocycles. The lowest BCUT2D eigenvalue weighted by Crippen LogP contribution is -2.16. The van der Waals surface area contributed by atoms with Crippen LogP contribution < -0.4 is 4.90 Å². The lowest BCUT2D eigenvalue weighted by molar-refractivity contribution is -0.124. The minimum absolute atomic E-state index is 0.0559. The van der Waals surface area contributed by atoms with E-state index in [4.69, 9.17) is 0 Å². The highest BCUT2D eigenvalue weighted by molar-refractivity contribution is 6.26. The number of aromatic nitrogens is 1. The maximum Gasteiger partial charge on any atom is 0.275 e. The van der Waals surface area contributed by atoms with Crippen molar-refractivity contribution in [2.45, 2.75) is 20.8 Å². The van der Waals surface area contributed by atoms with Crippen molar-refractivity contribution in [3.8, 4) is 0 Å². The molecule has 0 fully saturated rings. The average molecular weight is 374 g/mol. The molecule has 5 heteroatoms. The summed E-state index contributed by atoms with van der Waals surface area (Å²) in [6.45, 7) is 6.16. The first kappa shape index (κ1) is 18.3. The fourth-order valence-corrected chi connectivity index (χ4v) is 4.31. The number of anilines is 1. The van der Waals surface area contributed by atoms with Crippen LogP contribution in [0.15, 0.2) is 34.9 Å². The monoisotopic (exact) mass is 374 g/mol. The first-order valence-corrected chi connectivity index (χ1v) is 9.45. The van der Waals surface area contributed by atoms with Crippen LogP contribution in [0.3, 0.4) is 0 Å². The van der Waals surface area contributed by atoms with E-state index in [1.165, 1.54) is 43.6 Å². The SMILES string of the molecule is CC1=NN(C)C(=O)/C1=C/c1cc(C)c2c(c1)c1cc(C)c(N(C)C)cc1n2C. The van der Waals surface area contributed by atoms with E-state index in [9.17, 15) is 4.79 Å². The molecule has 0 unspecified atom stereocenters. The van der Waals surface area contributed by atoms with Gasteiger partial charge in [0.1, 0.15) is 0 Å². The molecule has 1 amide bonds. The van der Waals surface area contributed by atoms with Crippen LogP contribution in [-0.2, 0) is 11.8 Å². The van der Waals surface area contributed by atoms with E-state index in [2.05, 4.69) is 73.8 Å². The molecule has 0 spiro atoms. The smallest absolute Gasteiger partial charge is 0.275 e. The van der Waals surface area contributed by atoms with Gasteiger partial charge in [-0.15, -0.1) is 0 Å². The van der Waals surface area contributed by atoms with Crippen LogP contribution in [0.25, 0.3) is 27.9 Å². The van der Waals surface area contributed by atoms with Crippen LogP contribution in [-0.4, -0.2) is 42.3 Å². The zero-order valence-electron chi connectivity index (χ0n) is 17.6. The number of amides is 1. The second kappa shape index (κ2) is 6.23. The molecule has 0 bridgehead atoms. The van der Waals surface area contributed by atoms with E-state index in [0.717, 1.165) is 11.3 Å². The van der Waals surface area contributed by atoms with Crippen molar-refractivity contribution in [3.63, 3.8) is 0 Å². The Bertz CT molecular complexity index is 1210. The molecule has 0 saturated heterocycles. The molecule has 0 N–H and O–H groups in total. The summed E-state index contributed by atoms with van der Waals surface area (Å²) in [5.74, 6) is -0.0559. The summed E-state index contributed by atoms with van der Waals surface area (Å²) in [5, 5.41) is 8.10. The molecular weight excluding hydrogens is 348 g/mol.